The lowest BCUT2D eigenvalue weighted by atomic mass is 10.0. The Hall–Kier alpha value is -1.30. The van der Waals surface area contributed by atoms with E-state index in [0.29, 0.717) is 6.61 Å². The average Bonchev–Trinajstić information content (AvgIpc) is 2.55. The molecule has 0 fully saturated rings. The first kappa shape index (κ1) is 22.7. The SMILES string of the molecule is CCOC[C@@H](O)[C@H](O)[C@H](O)[C@H](O)COC(=O)[C@@H](O)CC(=O)OCC. The number of carbonyl (C=O) groups excluding carboxylic acids is 2. The van der Waals surface area contributed by atoms with Gasteiger partial charge in [-0.15, -0.1) is 0 Å². The highest BCUT2D eigenvalue weighted by atomic mass is 16.6. The predicted octanol–water partition coefficient (Wildman–Crippen LogP) is -2.68. The summed E-state index contributed by atoms with van der Waals surface area (Å²) in [5.41, 5.74) is 0. The lowest BCUT2D eigenvalue weighted by molar-refractivity contribution is -0.168. The number of hydrogen-bond acceptors (Lipinski definition) is 10. The summed E-state index contributed by atoms with van der Waals surface area (Å²) in [5, 5.41) is 47.9. The quantitative estimate of drug-likeness (QED) is 0.233. The highest BCUT2D eigenvalue weighted by Crippen LogP contribution is 2.07. The van der Waals surface area contributed by atoms with Crippen molar-refractivity contribution in [2.24, 2.45) is 0 Å². The Kier molecular flexibility index (Phi) is 11.5. The number of carbonyl (C=O) groups is 2. The van der Waals surface area contributed by atoms with Gasteiger partial charge in [0.2, 0.25) is 0 Å². The number of esters is 2. The molecule has 0 heterocycles. The van der Waals surface area contributed by atoms with Crippen LogP contribution in [0.5, 0.6) is 0 Å². The summed E-state index contributed by atoms with van der Waals surface area (Å²) < 4.78 is 14.0. The van der Waals surface area contributed by atoms with Crippen LogP contribution in [-0.4, -0.2) is 94.4 Å². The van der Waals surface area contributed by atoms with Gasteiger partial charge in [0.1, 0.15) is 31.0 Å². The molecule has 0 spiro atoms. The smallest absolute Gasteiger partial charge is 0.335 e. The number of ether oxygens (including phenoxy) is 3. The van der Waals surface area contributed by atoms with Crippen LogP contribution in [0.1, 0.15) is 20.3 Å². The predicted molar refractivity (Wildman–Crippen MR) is 78.7 cm³/mol. The molecule has 5 atom stereocenters. The monoisotopic (exact) mass is 354 g/mol. The average molecular weight is 354 g/mol. The minimum Gasteiger partial charge on any atom is -0.466 e. The van der Waals surface area contributed by atoms with Crippen LogP contribution in [0, 0.1) is 0 Å². The molecule has 0 bridgehead atoms. The van der Waals surface area contributed by atoms with Crippen molar-refractivity contribution in [2.75, 3.05) is 26.4 Å². The fourth-order valence-electron chi connectivity index (χ4n) is 1.62. The van der Waals surface area contributed by atoms with Crippen LogP contribution in [0.25, 0.3) is 0 Å². The van der Waals surface area contributed by atoms with Gasteiger partial charge in [-0.2, -0.15) is 0 Å². The molecule has 0 rings (SSSR count). The van der Waals surface area contributed by atoms with E-state index in [-0.39, 0.29) is 13.2 Å². The number of hydrogen-bond donors (Lipinski definition) is 5. The molecule has 0 aliphatic carbocycles. The van der Waals surface area contributed by atoms with Crippen LogP contribution in [0.2, 0.25) is 0 Å². The van der Waals surface area contributed by atoms with Crippen LogP contribution >= 0.6 is 0 Å². The zero-order chi connectivity index (χ0) is 18.7. The van der Waals surface area contributed by atoms with Crippen molar-refractivity contribution in [3.8, 4) is 0 Å². The molecule has 0 radical (unpaired) electrons. The van der Waals surface area contributed by atoms with Gasteiger partial charge in [0.25, 0.3) is 0 Å². The Morgan fingerprint density at radius 2 is 1.38 bits per heavy atom. The Morgan fingerprint density at radius 3 is 1.88 bits per heavy atom. The van der Waals surface area contributed by atoms with Crippen LogP contribution in [0.3, 0.4) is 0 Å². The van der Waals surface area contributed by atoms with Gasteiger partial charge in [-0.1, -0.05) is 0 Å². The normalized spacial score (nSPS) is 17.5. The molecule has 0 amide bonds. The van der Waals surface area contributed by atoms with Gasteiger partial charge in [0, 0.05) is 6.61 Å². The van der Waals surface area contributed by atoms with E-state index in [2.05, 4.69) is 9.47 Å². The summed E-state index contributed by atoms with van der Waals surface area (Å²) in [6.45, 7) is 2.61. The van der Waals surface area contributed by atoms with Gasteiger partial charge in [0.15, 0.2) is 6.10 Å². The third kappa shape index (κ3) is 8.52. The lowest BCUT2D eigenvalue weighted by Gasteiger charge is -2.26. The van der Waals surface area contributed by atoms with E-state index in [0.717, 1.165) is 0 Å². The second kappa shape index (κ2) is 12.1. The molecule has 0 aromatic carbocycles. The highest BCUT2D eigenvalue weighted by Gasteiger charge is 2.32. The first-order chi connectivity index (χ1) is 11.2. The van der Waals surface area contributed by atoms with Crippen molar-refractivity contribution < 1.29 is 49.3 Å². The van der Waals surface area contributed by atoms with Gasteiger partial charge in [-0.25, -0.2) is 4.79 Å². The fraction of sp³-hybridized carbons (Fsp3) is 0.857. The van der Waals surface area contributed by atoms with E-state index in [1.165, 1.54) is 0 Å². The van der Waals surface area contributed by atoms with E-state index in [9.17, 15) is 35.1 Å². The first-order valence-electron chi connectivity index (χ1n) is 7.54. The van der Waals surface area contributed by atoms with Gasteiger partial charge >= 0.3 is 11.9 Å². The van der Waals surface area contributed by atoms with E-state index in [1.54, 1.807) is 13.8 Å². The standard InChI is InChI=1S/C14H26O10/c1-3-22-6-9(16)12(19)13(20)10(17)7-24-14(21)8(15)5-11(18)23-4-2/h8-10,12-13,15-17,19-20H,3-7H2,1-2H3/t8-,9+,10+,12-,13+/m0/s1. The van der Waals surface area contributed by atoms with Crippen molar-refractivity contribution in [3.63, 3.8) is 0 Å². The minimum absolute atomic E-state index is 0.0907. The Bertz CT molecular complexity index is 375. The zero-order valence-corrected chi connectivity index (χ0v) is 13.7. The summed E-state index contributed by atoms with van der Waals surface area (Å²) in [6, 6.07) is 0. The molecular formula is C14H26O10. The molecule has 0 aromatic rings. The molecule has 142 valence electrons. The second-order valence-electron chi connectivity index (χ2n) is 4.93. The van der Waals surface area contributed by atoms with Gasteiger partial charge in [-0.3, -0.25) is 4.79 Å². The molecule has 0 unspecified atom stereocenters. The van der Waals surface area contributed by atoms with E-state index in [4.69, 9.17) is 4.74 Å². The maximum atomic E-state index is 11.5. The summed E-state index contributed by atoms with van der Waals surface area (Å²) in [5.74, 6) is -1.99. The number of aliphatic hydroxyl groups is 5. The van der Waals surface area contributed by atoms with Crippen LogP contribution in [0.4, 0.5) is 0 Å². The molecule has 10 nitrogen and oxygen atoms in total. The molecule has 24 heavy (non-hydrogen) atoms. The van der Waals surface area contributed by atoms with Gasteiger partial charge < -0.3 is 39.7 Å². The third-order valence-corrected chi connectivity index (χ3v) is 2.96. The summed E-state index contributed by atoms with van der Waals surface area (Å²) in [6.07, 6.45) is -9.08. The molecule has 0 aliphatic heterocycles. The van der Waals surface area contributed by atoms with Crippen molar-refractivity contribution in [2.45, 2.75) is 50.8 Å². The molecular weight excluding hydrogens is 328 g/mol. The van der Waals surface area contributed by atoms with E-state index >= 15 is 0 Å². The van der Waals surface area contributed by atoms with E-state index < -0.39 is 55.5 Å². The van der Waals surface area contributed by atoms with Crippen molar-refractivity contribution >= 4 is 11.9 Å². The minimum atomic E-state index is -1.81. The summed E-state index contributed by atoms with van der Waals surface area (Å²) >= 11 is 0. The van der Waals surface area contributed by atoms with Crippen LogP contribution < -0.4 is 0 Å². The number of aliphatic hydroxyl groups excluding tert-OH is 5. The Morgan fingerprint density at radius 1 is 0.833 bits per heavy atom. The summed E-state index contributed by atoms with van der Waals surface area (Å²) in [4.78, 5) is 22.6. The Labute approximate surface area is 139 Å². The van der Waals surface area contributed by atoms with Crippen LogP contribution in [-0.2, 0) is 23.8 Å². The zero-order valence-electron chi connectivity index (χ0n) is 13.7. The Balaban J connectivity index is 4.28. The maximum Gasteiger partial charge on any atom is 0.335 e. The van der Waals surface area contributed by atoms with Gasteiger partial charge in [0.05, 0.1) is 19.6 Å². The third-order valence-electron chi connectivity index (χ3n) is 2.96. The van der Waals surface area contributed by atoms with E-state index in [1.807, 2.05) is 0 Å². The highest BCUT2D eigenvalue weighted by molar-refractivity contribution is 5.81. The van der Waals surface area contributed by atoms with Crippen molar-refractivity contribution in [1.82, 2.24) is 0 Å². The maximum absolute atomic E-state index is 11.5. The summed E-state index contributed by atoms with van der Waals surface area (Å²) in [7, 11) is 0. The molecule has 0 saturated carbocycles. The van der Waals surface area contributed by atoms with Gasteiger partial charge in [-0.05, 0) is 13.8 Å². The largest absolute Gasteiger partial charge is 0.466 e. The fourth-order valence-corrected chi connectivity index (χ4v) is 1.62. The molecule has 0 aliphatic rings. The first-order valence-corrected chi connectivity index (χ1v) is 7.54. The van der Waals surface area contributed by atoms with Crippen LogP contribution in [0.15, 0.2) is 0 Å². The molecule has 0 saturated heterocycles. The molecule has 5 N–H and O–H groups in total. The van der Waals surface area contributed by atoms with Crippen molar-refractivity contribution in [1.29, 1.82) is 0 Å². The molecule has 10 heteroatoms. The number of rotatable bonds is 12. The molecule has 0 aromatic heterocycles. The lowest BCUT2D eigenvalue weighted by Crippen LogP contribution is -2.48. The second-order valence-corrected chi connectivity index (χ2v) is 4.93. The topological polar surface area (TPSA) is 163 Å². The van der Waals surface area contributed by atoms with Crippen molar-refractivity contribution in [3.05, 3.63) is 0 Å².